The van der Waals surface area contributed by atoms with Gasteiger partial charge in [-0.3, -0.25) is 0 Å². The van der Waals surface area contributed by atoms with Crippen molar-refractivity contribution in [3.8, 4) is 39.5 Å². The molecule has 0 N–H and O–H groups in total. The maximum absolute atomic E-state index is 14.8. The number of hydrogen-bond donors (Lipinski definition) is 0. The minimum atomic E-state index is -1.06. The van der Waals surface area contributed by atoms with E-state index in [0.29, 0.717) is 47.8 Å². The minimum Gasteiger partial charge on any atom is -0.494 e. The predicted octanol–water partition coefficient (Wildman–Crippen LogP) is 8.37. The Morgan fingerprint density at radius 1 is 0.703 bits per heavy atom. The van der Waals surface area contributed by atoms with Crippen LogP contribution in [0.4, 0.5) is 13.2 Å². The highest BCUT2D eigenvalue weighted by Gasteiger charge is 2.16. The van der Waals surface area contributed by atoms with E-state index in [-0.39, 0.29) is 17.9 Å². The molecule has 0 unspecified atom stereocenters. The number of halogens is 3. The Balaban J connectivity index is 1.41. The summed E-state index contributed by atoms with van der Waals surface area (Å²) in [5.41, 5.74) is 2.50. The maximum atomic E-state index is 14.8. The molecule has 0 fully saturated rings. The summed E-state index contributed by atoms with van der Waals surface area (Å²) in [7, 11) is 0. The summed E-state index contributed by atoms with van der Waals surface area (Å²) in [4.78, 5) is 0. The molecule has 0 saturated heterocycles. The lowest BCUT2D eigenvalue weighted by Gasteiger charge is -2.12. The van der Waals surface area contributed by atoms with Crippen LogP contribution in [0.2, 0.25) is 0 Å². The Morgan fingerprint density at radius 2 is 1.35 bits per heavy atom. The molecule has 0 atom stereocenters. The van der Waals surface area contributed by atoms with Crippen molar-refractivity contribution in [1.29, 1.82) is 0 Å². The molecule has 0 saturated carbocycles. The van der Waals surface area contributed by atoms with Crippen LogP contribution >= 0.6 is 0 Å². The normalized spacial score (nSPS) is 10.7. The molecule has 4 rings (SSSR count). The third kappa shape index (κ3) is 6.33. The first-order valence-electron chi connectivity index (χ1n) is 12.0. The third-order valence-corrected chi connectivity index (χ3v) is 5.71. The number of ether oxygens (including phenoxy) is 3. The summed E-state index contributed by atoms with van der Waals surface area (Å²) in [5, 5.41) is 0. The van der Waals surface area contributed by atoms with Crippen LogP contribution < -0.4 is 14.2 Å². The molecule has 190 valence electrons. The minimum absolute atomic E-state index is 0.0254. The molecule has 3 nitrogen and oxygen atoms in total. The van der Waals surface area contributed by atoms with Gasteiger partial charge in [-0.2, -0.15) is 4.39 Å². The van der Waals surface area contributed by atoms with Gasteiger partial charge in [-0.05, 0) is 66.4 Å². The first-order valence-corrected chi connectivity index (χ1v) is 12.0. The van der Waals surface area contributed by atoms with Crippen LogP contribution in [-0.4, -0.2) is 13.2 Å². The second-order valence-corrected chi connectivity index (χ2v) is 8.25. The van der Waals surface area contributed by atoms with Crippen LogP contribution in [0.5, 0.6) is 17.2 Å². The van der Waals surface area contributed by atoms with Gasteiger partial charge in [-0.25, -0.2) is 8.78 Å². The van der Waals surface area contributed by atoms with Crippen LogP contribution in [0.3, 0.4) is 0 Å². The fraction of sp³-hybridized carbons (Fsp3) is 0.161. The quantitative estimate of drug-likeness (QED) is 0.152. The van der Waals surface area contributed by atoms with Crippen molar-refractivity contribution < 1.29 is 27.4 Å². The van der Waals surface area contributed by atoms with Gasteiger partial charge in [0.25, 0.3) is 0 Å². The highest BCUT2D eigenvalue weighted by Crippen LogP contribution is 2.32. The largest absolute Gasteiger partial charge is 0.494 e. The van der Waals surface area contributed by atoms with Crippen LogP contribution in [0.25, 0.3) is 22.3 Å². The summed E-state index contributed by atoms with van der Waals surface area (Å²) in [6.07, 6.45) is 2.41. The highest BCUT2D eigenvalue weighted by molar-refractivity contribution is 5.66. The molecule has 0 radical (unpaired) electrons. The Kier molecular flexibility index (Phi) is 8.52. The van der Waals surface area contributed by atoms with Gasteiger partial charge in [0.05, 0.1) is 13.2 Å². The molecule has 0 spiro atoms. The van der Waals surface area contributed by atoms with Gasteiger partial charge in [-0.1, -0.05) is 42.5 Å². The molecule has 37 heavy (non-hydrogen) atoms. The molecule has 0 aliphatic rings. The van der Waals surface area contributed by atoms with Crippen LogP contribution in [0.15, 0.2) is 91.5 Å². The smallest absolute Gasteiger partial charge is 0.201 e. The average molecular weight is 505 g/mol. The van der Waals surface area contributed by atoms with Gasteiger partial charge in [0.2, 0.25) is 5.82 Å². The van der Waals surface area contributed by atoms with Crippen molar-refractivity contribution in [2.24, 2.45) is 0 Å². The van der Waals surface area contributed by atoms with Gasteiger partial charge >= 0.3 is 0 Å². The van der Waals surface area contributed by atoms with E-state index in [1.165, 1.54) is 18.2 Å². The SMILES string of the molecule is C=CCCOc1ccc(-c2ccc(COc3ccc(-c4ccc(OCC)cc4)c(F)c3F)cc2)c(F)c1. The van der Waals surface area contributed by atoms with Crippen LogP contribution in [0, 0.1) is 17.5 Å². The molecule has 6 heteroatoms. The molecular formula is C31H27F3O3. The zero-order valence-corrected chi connectivity index (χ0v) is 20.5. The van der Waals surface area contributed by atoms with E-state index >= 15 is 0 Å². The van der Waals surface area contributed by atoms with E-state index in [4.69, 9.17) is 14.2 Å². The van der Waals surface area contributed by atoms with Crippen LogP contribution in [-0.2, 0) is 6.61 Å². The Bertz CT molecular complexity index is 1350. The molecule has 0 aliphatic carbocycles. The molecule has 0 aromatic heterocycles. The second-order valence-electron chi connectivity index (χ2n) is 8.25. The molecule has 0 heterocycles. The number of benzene rings is 4. The monoisotopic (exact) mass is 504 g/mol. The fourth-order valence-electron chi connectivity index (χ4n) is 3.79. The summed E-state index contributed by atoms with van der Waals surface area (Å²) in [6, 6.07) is 21.4. The summed E-state index contributed by atoms with van der Waals surface area (Å²) >= 11 is 0. The average Bonchev–Trinajstić information content (AvgIpc) is 2.91. The molecule has 0 bridgehead atoms. The summed E-state index contributed by atoms with van der Waals surface area (Å²) in [5.74, 6) is -1.51. The molecular weight excluding hydrogens is 477 g/mol. The number of hydrogen-bond acceptors (Lipinski definition) is 3. The summed E-state index contributed by atoms with van der Waals surface area (Å²) in [6.45, 7) is 6.48. The Hall–Kier alpha value is -4.19. The molecule has 4 aromatic rings. The zero-order valence-electron chi connectivity index (χ0n) is 20.5. The Morgan fingerprint density at radius 3 is 2.03 bits per heavy atom. The lowest BCUT2D eigenvalue weighted by molar-refractivity contribution is 0.285. The first-order chi connectivity index (χ1) is 18.0. The molecule has 4 aromatic carbocycles. The number of rotatable bonds is 11. The van der Waals surface area contributed by atoms with E-state index in [9.17, 15) is 13.2 Å². The lowest BCUT2D eigenvalue weighted by atomic mass is 10.0. The second kappa shape index (κ2) is 12.2. The topological polar surface area (TPSA) is 27.7 Å². The van der Waals surface area contributed by atoms with E-state index in [0.717, 1.165) is 5.56 Å². The van der Waals surface area contributed by atoms with Crippen molar-refractivity contribution in [3.05, 3.63) is 115 Å². The van der Waals surface area contributed by atoms with E-state index < -0.39 is 17.5 Å². The van der Waals surface area contributed by atoms with Gasteiger partial charge in [0, 0.05) is 17.2 Å². The first kappa shape index (κ1) is 25.9. The van der Waals surface area contributed by atoms with Gasteiger partial charge in [0.1, 0.15) is 23.9 Å². The standard InChI is InChI=1S/C31H27F3O3/c1-3-5-18-36-25-14-15-26(28(32)19-25)22-8-6-21(7-9-22)20-37-29-17-16-27(30(33)31(29)34)23-10-12-24(13-11-23)35-4-2/h3,6-17,19H,1,4-5,18,20H2,2H3. The van der Waals surface area contributed by atoms with Gasteiger partial charge in [-0.15, -0.1) is 6.58 Å². The van der Waals surface area contributed by atoms with Crippen molar-refractivity contribution in [1.82, 2.24) is 0 Å². The maximum Gasteiger partial charge on any atom is 0.201 e. The summed E-state index contributed by atoms with van der Waals surface area (Å²) < 4.78 is 60.5. The van der Waals surface area contributed by atoms with E-state index in [2.05, 4.69) is 6.58 Å². The predicted molar refractivity (Wildman–Crippen MR) is 139 cm³/mol. The fourth-order valence-corrected chi connectivity index (χ4v) is 3.79. The van der Waals surface area contributed by atoms with Crippen molar-refractivity contribution in [2.45, 2.75) is 20.0 Å². The van der Waals surface area contributed by atoms with Crippen LogP contribution in [0.1, 0.15) is 18.9 Å². The molecule has 0 aliphatic heterocycles. The van der Waals surface area contributed by atoms with Crippen molar-refractivity contribution in [2.75, 3.05) is 13.2 Å². The third-order valence-electron chi connectivity index (χ3n) is 5.71. The van der Waals surface area contributed by atoms with Crippen molar-refractivity contribution in [3.63, 3.8) is 0 Å². The van der Waals surface area contributed by atoms with Gasteiger partial charge < -0.3 is 14.2 Å². The molecule has 0 amide bonds. The van der Waals surface area contributed by atoms with E-state index in [1.54, 1.807) is 66.7 Å². The van der Waals surface area contributed by atoms with Crippen molar-refractivity contribution >= 4 is 0 Å². The highest BCUT2D eigenvalue weighted by atomic mass is 19.2. The zero-order chi connectivity index (χ0) is 26.2. The lowest BCUT2D eigenvalue weighted by Crippen LogP contribution is -2.00. The van der Waals surface area contributed by atoms with E-state index in [1.807, 2.05) is 6.92 Å². The van der Waals surface area contributed by atoms with Gasteiger partial charge in [0.15, 0.2) is 11.6 Å². The Labute approximate surface area is 214 Å².